The van der Waals surface area contributed by atoms with Crippen LogP contribution < -0.4 is 0 Å². The van der Waals surface area contributed by atoms with Gasteiger partial charge in [-0.3, -0.25) is 0 Å². The lowest BCUT2D eigenvalue weighted by atomic mass is 9.86. The third kappa shape index (κ3) is 3.93. The van der Waals surface area contributed by atoms with E-state index in [2.05, 4.69) is 36.1 Å². The lowest BCUT2D eigenvalue weighted by Gasteiger charge is -2.39. The van der Waals surface area contributed by atoms with E-state index < -0.39 is 5.60 Å². The summed E-state index contributed by atoms with van der Waals surface area (Å²) >= 11 is 0. The summed E-state index contributed by atoms with van der Waals surface area (Å²) in [5, 5.41) is 0. The van der Waals surface area contributed by atoms with Crippen molar-refractivity contribution in [1.29, 1.82) is 0 Å². The Balaban J connectivity index is 1.57. The highest BCUT2D eigenvalue weighted by Gasteiger charge is 2.44. The van der Waals surface area contributed by atoms with E-state index in [1.165, 1.54) is 17.5 Å². The van der Waals surface area contributed by atoms with Gasteiger partial charge in [0.05, 0.1) is 0 Å². The van der Waals surface area contributed by atoms with E-state index >= 15 is 0 Å². The first-order chi connectivity index (χ1) is 11.3. The molecule has 2 fully saturated rings. The third-order valence-electron chi connectivity index (χ3n) is 5.52. The summed E-state index contributed by atoms with van der Waals surface area (Å²) in [6.07, 6.45) is 6.86. The lowest BCUT2D eigenvalue weighted by Crippen LogP contribution is -2.48. The van der Waals surface area contributed by atoms with E-state index in [0.717, 1.165) is 38.0 Å². The van der Waals surface area contributed by atoms with E-state index in [0.29, 0.717) is 12.1 Å². The minimum Gasteiger partial charge on any atom is -0.444 e. The Morgan fingerprint density at radius 3 is 2.38 bits per heavy atom. The fraction of sp³-hybridized carbons (Fsp3) is 0.667. The average Bonchev–Trinajstić information content (AvgIpc) is 2.76. The van der Waals surface area contributed by atoms with Crippen LogP contribution in [0.4, 0.5) is 4.79 Å². The minimum absolute atomic E-state index is 0.104. The molecular weight excluding hydrogens is 298 g/mol. The number of carbonyl (C=O) groups excluding carboxylic acids is 1. The molecular formula is C21H31NO2. The predicted octanol–water partition coefficient (Wildman–Crippen LogP) is 5.11. The zero-order chi connectivity index (χ0) is 17.3. The number of carbonyl (C=O) groups is 1. The summed E-state index contributed by atoms with van der Waals surface area (Å²) < 4.78 is 5.63. The van der Waals surface area contributed by atoms with E-state index in [4.69, 9.17) is 4.74 Å². The fourth-order valence-corrected chi connectivity index (χ4v) is 4.39. The molecule has 3 nitrogen and oxygen atoms in total. The Labute approximate surface area is 146 Å². The number of hydrogen-bond donors (Lipinski definition) is 0. The normalized spacial score (nSPS) is 26.5. The highest BCUT2D eigenvalue weighted by molar-refractivity contribution is 5.69. The van der Waals surface area contributed by atoms with E-state index in [-0.39, 0.29) is 6.09 Å². The number of hydrogen-bond acceptors (Lipinski definition) is 2. The second kappa shape index (κ2) is 6.78. The maximum absolute atomic E-state index is 12.5. The number of benzene rings is 1. The first-order valence-corrected chi connectivity index (χ1v) is 9.39. The molecule has 3 atom stereocenters. The van der Waals surface area contributed by atoms with Crippen LogP contribution in [0, 0.1) is 12.8 Å². The van der Waals surface area contributed by atoms with E-state index in [1.807, 2.05) is 20.8 Å². The molecule has 2 heterocycles. The zero-order valence-corrected chi connectivity index (χ0v) is 15.5. The molecule has 2 aliphatic heterocycles. The van der Waals surface area contributed by atoms with Crippen LogP contribution in [0.1, 0.15) is 64.0 Å². The predicted molar refractivity (Wildman–Crippen MR) is 97.1 cm³/mol. The van der Waals surface area contributed by atoms with Crippen molar-refractivity contribution in [3.05, 3.63) is 35.4 Å². The van der Waals surface area contributed by atoms with Gasteiger partial charge in [-0.1, -0.05) is 24.3 Å². The number of fused-ring (bicyclic) bond motifs is 2. The molecule has 3 heteroatoms. The van der Waals surface area contributed by atoms with Crippen molar-refractivity contribution >= 4 is 6.09 Å². The van der Waals surface area contributed by atoms with Crippen molar-refractivity contribution in [3.63, 3.8) is 0 Å². The number of amides is 1. The van der Waals surface area contributed by atoms with Crippen molar-refractivity contribution in [2.24, 2.45) is 5.92 Å². The van der Waals surface area contributed by atoms with Crippen LogP contribution in [0.2, 0.25) is 0 Å². The van der Waals surface area contributed by atoms with Gasteiger partial charge in [-0.25, -0.2) is 4.79 Å². The van der Waals surface area contributed by atoms with Gasteiger partial charge in [-0.2, -0.15) is 0 Å². The van der Waals surface area contributed by atoms with Gasteiger partial charge in [-0.15, -0.1) is 0 Å². The van der Waals surface area contributed by atoms with Gasteiger partial charge in [0.2, 0.25) is 0 Å². The molecule has 0 radical (unpaired) electrons. The second-order valence-corrected chi connectivity index (χ2v) is 8.58. The summed E-state index contributed by atoms with van der Waals surface area (Å²) in [5.41, 5.74) is 2.46. The number of rotatable bonds is 3. The van der Waals surface area contributed by atoms with Crippen LogP contribution in [-0.4, -0.2) is 28.7 Å². The molecule has 0 saturated carbocycles. The van der Waals surface area contributed by atoms with Crippen LogP contribution in [0.5, 0.6) is 0 Å². The monoisotopic (exact) mass is 329 g/mol. The summed E-state index contributed by atoms with van der Waals surface area (Å²) in [5.74, 6) is 0.737. The van der Waals surface area contributed by atoms with Crippen LogP contribution in [0.3, 0.4) is 0 Å². The van der Waals surface area contributed by atoms with Gasteiger partial charge in [0.15, 0.2) is 0 Å². The Hall–Kier alpha value is -1.51. The summed E-state index contributed by atoms with van der Waals surface area (Å²) in [6.45, 7) is 8.04. The molecule has 1 unspecified atom stereocenters. The molecule has 0 spiro atoms. The van der Waals surface area contributed by atoms with Gasteiger partial charge in [-0.05, 0) is 83.3 Å². The molecule has 24 heavy (non-hydrogen) atoms. The fourth-order valence-electron chi connectivity index (χ4n) is 4.39. The topological polar surface area (TPSA) is 29.5 Å². The summed E-state index contributed by atoms with van der Waals surface area (Å²) in [7, 11) is 0. The largest absolute Gasteiger partial charge is 0.444 e. The SMILES string of the molecule is Cc1ccccc1CCC1C[C@H]2CC[C@@H](C1)N2C(=O)OC(C)(C)C. The van der Waals surface area contributed by atoms with E-state index in [1.54, 1.807) is 0 Å². The number of piperidine rings is 1. The van der Waals surface area contributed by atoms with Gasteiger partial charge < -0.3 is 9.64 Å². The Bertz CT molecular complexity index is 576. The zero-order valence-electron chi connectivity index (χ0n) is 15.5. The quantitative estimate of drug-likeness (QED) is 0.771. The lowest BCUT2D eigenvalue weighted by molar-refractivity contribution is 0.00166. The van der Waals surface area contributed by atoms with Crippen LogP contribution in [0.25, 0.3) is 0 Å². The van der Waals surface area contributed by atoms with Crippen LogP contribution >= 0.6 is 0 Å². The average molecular weight is 329 g/mol. The highest BCUT2D eigenvalue weighted by Crippen LogP contribution is 2.41. The molecule has 1 amide bonds. The molecule has 132 valence electrons. The maximum Gasteiger partial charge on any atom is 0.410 e. The summed E-state index contributed by atoms with van der Waals surface area (Å²) in [4.78, 5) is 14.6. The molecule has 0 aromatic heterocycles. The molecule has 2 saturated heterocycles. The first-order valence-electron chi connectivity index (χ1n) is 9.39. The van der Waals surface area contributed by atoms with Gasteiger partial charge in [0.1, 0.15) is 5.60 Å². The molecule has 0 aliphatic carbocycles. The van der Waals surface area contributed by atoms with Crippen molar-refractivity contribution < 1.29 is 9.53 Å². The maximum atomic E-state index is 12.5. The van der Waals surface area contributed by atoms with Crippen molar-refractivity contribution in [3.8, 4) is 0 Å². The Kier molecular flexibility index (Phi) is 4.89. The van der Waals surface area contributed by atoms with Crippen LogP contribution in [0.15, 0.2) is 24.3 Å². The van der Waals surface area contributed by atoms with Gasteiger partial charge in [0, 0.05) is 12.1 Å². The molecule has 2 bridgehead atoms. The Morgan fingerprint density at radius 2 is 1.79 bits per heavy atom. The molecule has 2 aliphatic rings. The molecule has 1 aromatic rings. The standard InChI is InChI=1S/C21H31NO2/c1-15-7-5-6-8-17(15)10-9-16-13-18-11-12-19(14-16)22(18)20(23)24-21(2,3)4/h5-8,16,18-19H,9-14H2,1-4H3/t16?,18-,19+. The van der Waals surface area contributed by atoms with Crippen LogP contribution in [-0.2, 0) is 11.2 Å². The van der Waals surface area contributed by atoms with E-state index in [9.17, 15) is 4.79 Å². The number of nitrogens with zero attached hydrogens (tertiary/aromatic N) is 1. The second-order valence-electron chi connectivity index (χ2n) is 8.58. The Morgan fingerprint density at radius 1 is 1.17 bits per heavy atom. The van der Waals surface area contributed by atoms with Crippen molar-refractivity contribution in [1.82, 2.24) is 4.90 Å². The molecule has 1 aromatic carbocycles. The third-order valence-corrected chi connectivity index (χ3v) is 5.52. The first kappa shape index (κ1) is 17.3. The van der Waals surface area contributed by atoms with Gasteiger partial charge in [0.25, 0.3) is 0 Å². The minimum atomic E-state index is -0.405. The highest BCUT2D eigenvalue weighted by atomic mass is 16.6. The number of aryl methyl sites for hydroxylation is 2. The van der Waals surface area contributed by atoms with Crippen molar-refractivity contribution in [2.45, 2.75) is 83.9 Å². The number of ether oxygens (including phenoxy) is 1. The van der Waals surface area contributed by atoms with Crippen molar-refractivity contribution in [2.75, 3.05) is 0 Å². The summed E-state index contributed by atoms with van der Waals surface area (Å²) in [6, 6.07) is 9.47. The smallest absolute Gasteiger partial charge is 0.410 e. The molecule has 0 N–H and O–H groups in total. The van der Waals surface area contributed by atoms with Gasteiger partial charge >= 0.3 is 6.09 Å². The molecule has 3 rings (SSSR count).